The molecule has 0 amide bonds. The Hall–Kier alpha value is -0.992. The van der Waals surface area contributed by atoms with Crippen LogP contribution >= 0.6 is 0 Å². The summed E-state index contributed by atoms with van der Waals surface area (Å²) in [7, 11) is -7.69. The molecule has 2 unspecified atom stereocenters. The standard InChI is InChI=1S/C17H29N3Si4/c1-8-22(5)18-23(6,9-2)20-24(7,19-22)16-15-21(3,4)17-13-11-10-12-14-17/h8-14,18-20H,1-2H2,3-7H3. The van der Waals surface area contributed by atoms with Gasteiger partial charge in [-0.3, -0.25) is 0 Å². The van der Waals surface area contributed by atoms with Crippen molar-refractivity contribution in [3.8, 4) is 11.1 Å². The highest BCUT2D eigenvalue weighted by molar-refractivity contribution is 7.11. The average molecular weight is 388 g/mol. The van der Waals surface area contributed by atoms with Crippen molar-refractivity contribution >= 4 is 38.5 Å². The fourth-order valence-electron chi connectivity index (χ4n) is 3.15. The van der Waals surface area contributed by atoms with Gasteiger partial charge in [-0.15, -0.1) is 24.2 Å². The maximum atomic E-state index is 4.06. The minimum absolute atomic E-state index is 1.39. The van der Waals surface area contributed by atoms with Gasteiger partial charge in [-0.1, -0.05) is 54.8 Å². The molecule has 0 spiro atoms. The van der Waals surface area contributed by atoms with Crippen LogP contribution < -0.4 is 19.1 Å². The van der Waals surface area contributed by atoms with E-state index < -0.39 is 33.3 Å². The monoisotopic (exact) mass is 387 g/mol. The second-order valence-corrected chi connectivity index (χ2v) is 22.8. The summed E-state index contributed by atoms with van der Waals surface area (Å²) >= 11 is 0. The largest absolute Gasteiger partial charge is 0.330 e. The molecular weight excluding hydrogens is 359 g/mol. The summed E-state index contributed by atoms with van der Waals surface area (Å²) in [6.45, 7) is 19.6. The smallest absolute Gasteiger partial charge is 0.269 e. The molecule has 0 saturated carbocycles. The van der Waals surface area contributed by atoms with Crippen LogP contribution in [0.3, 0.4) is 0 Å². The lowest BCUT2D eigenvalue weighted by molar-refractivity contribution is 1.08. The Morgan fingerprint density at radius 3 is 1.88 bits per heavy atom. The van der Waals surface area contributed by atoms with Gasteiger partial charge in [0, 0.05) is 0 Å². The molecule has 2 atom stereocenters. The first kappa shape index (κ1) is 19.3. The van der Waals surface area contributed by atoms with Gasteiger partial charge >= 0.3 is 0 Å². The Morgan fingerprint density at radius 2 is 1.42 bits per heavy atom. The van der Waals surface area contributed by atoms with Crippen LogP contribution in [0.15, 0.2) is 54.9 Å². The van der Waals surface area contributed by atoms with E-state index in [2.05, 4.69) is 113 Å². The Labute approximate surface area is 151 Å². The molecule has 1 saturated heterocycles. The third-order valence-corrected chi connectivity index (χ3v) is 21.8. The number of nitrogens with one attached hydrogen (secondary N) is 3. The number of benzene rings is 1. The van der Waals surface area contributed by atoms with Gasteiger partial charge in [0.15, 0.2) is 8.07 Å². The molecule has 2 rings (SSSR count). The minimum atomic E-state index is -2.10. The molecule has 7 heteroatoms. The molecule has 24 heavy (non-hydrogen) atoms. The van der Waals surface area contributed by atoms with Crippen LogP contribution in [-0.4, -0.2) is 33.3 Å². The highest BCUT2D eigenvalue weighted by Gasteiger charge is 2.49. The van der Waals surface area contributed by atoms with Gasteiger partial charge in [0.2, 0.25) is 16.8 Å². The lowest BCUT2D eigenvalue weighted by Gasteiger charge is -2.48. The van der Waals surface area contributed by atoms with Gasteiger partial charge < -0.3 is 13.9 Å². The van der Waals surface area contributed by atoms with Crippen LogP contribution in [0.2, 0.25) is 32.7 Å². The lowest BCUT2D eigenvalue weighted by Crippen LogP contribution is -2.89. The summed E-state index contributed by atoms with van der Waals surface area (Å²) in [6, 6.07) is 10.7. The second kappa shape index (κ2) is 6.72. The molecular formula is C17H29N3Si4. The van der Waals surface area contributed by atoms with E-state index in [0.717, 1.165) is 0 Å². The Morgan fingerprint density at radius 1 is 0.917 bits per heavy atom. The van der Waals surface area contributed by atoms with Crippen molar-refractivity contribution in [1.82, 2.24) is 13.9 Å². The van der Waals surface area contributed by atoms with E-state index in [-0.39, 0.29) is 0 Å². The maximum Gasteiger partial charge on any atom is 0.269 e. The van der Waals surface area contributed by atoms with Crippen LogP contribution in [0, 0.1) is 11.1 Å². The SMILES string of the molecule is C=C[Si]1(C)N[Si](C)(C#C[Si](C)(C)c2ccccc2)N[Si](C)(C=C)N1. The zero-order chi connectivity index (χ0) is 18.1. The summed E-state index contributed by atoms with van der Waals surface area (Å²) < 4.78 is 11.5. The minimum Gasteiger partial charge on any atom is -0.330 e. The third-order valence-electron chi connectivity index (χ3n) is 4.48. The van der Waals surface area contributed by atoms with Crippen molar-refractivity contribution in [2.24, 2.45) is 0 Å². The van der Waals surface area contributed by atoms with Gasteiger partial charge in [-0.25, -0.2) is 0 Å². The van der Waals surface area contributed by atoms with Crippen molar-refractivity contribution in [1.29, 1.82) is 0 Å². The fraction of sp³-hybridized carbons (Fsp3) is 0.294. The summed E-state index contributed by atoms with van der Waals surface area (Å²) in [5, 5.41) is 1.39. The zero-order valence-electron chi connectivity index (χ0n) is 15.5. The molecule has 1 heterocycles. The third kappa shape index (κ3) is 4.34. The fourth-order valence-corrected chi connectivity index (χ4v) is 23.8. The average Bonchev–Trinajstić information content (AvgIpc) is 2.53. The van der Waals surface area contributed by atoms with E-state index in [0.29, 0.717) is 0 Å². The van der Waals surface area contributed by atoms with E-state index in [4.69, 9.17) is 0 Å². The molecule has 1 aromatic carbocycles. The normalized spacial score (nSPS) is 33.2. The van der Waals surface area contributed by atoms with Crippen molar-refractivity contribution in [3.05, 3.63) is 54.9 Å². The van der Waals surface area contributed by atoms with E-state index in [1.807, 2.05) is 0 Å². The van der Waals surface area contributed by atoms with Crippen LogP contribution in [0.4, 0.5) is 0 Å². The first-order valence-electron chi connectivity index (χ1n) is 8.30. The topological polar surface area (TPSA) is 36.1 Å². The lowest BCUT2D eigenvalue weighted by atomic mass is 10.4. The van der Waals surface area contributed by atoms with Crippen molar-refractivity contribution in [3.63, 3.8) is 0 Å². The summed E-state index contributed by atoms with van der Waals surface area (Å²) in [5.74, 6) is 0. The molecule has 1 fully saturated rings. The molecule has 1 aliphatic heterocycles. The predicted molar refractivity (Wildman–Crippen MR) is 116 cm³/mol. The van der Waals surface area contributed by atoms with E-state index in [1.165, 1.54) is 5.19 Å². The number of hydrogen-bond donors (Lipinski definition) is 3. The molecule has 1 aromatic rings. The Balaban J connectivity index is 2.37. The second-order valence-electron chi connectivity index (χ2n) is 7.55. The van der Waals surface area contributed by atoms with Gasteiger partial charge in [0.05, 0.1) is 0 Å². The molecule has 1 aliphatic rings. The van der Waals surface area contributed by atoms with Gasteiger partial charge in [0.25, 0.3) is 8.40 Å². The first-order valence-corrected chi connectivity index (χ1v) is 19.0. The molecule has 0 aromatic heterocycles. The van der Waals surface area contributed by atoms with Crippen LogP contribution in [-0.2, 0) is 0 Å². The summed E-state index contributed by atoms with van der Waals surface area (Å²) in [6.07, 6.45) is 0. The number of rotatable bonds is 3. The molecule has 0 bridgehead atoms. The van der Waals surface area contributed by atoms with Gasteiger partial charge in [-0.2, -0.15) is 0 Å². The highest BCUT2D eigenvalue weighted by Crippen LogP contribution is 2.14. The van der Waals surface area contributed by atoms with Crippen LogP contribution in [0.25, 0.3) is 0 Å². The van der Waals surface area contributed by atoms with Gasteiger partial charge in [0.1, 0.15) is 0 Å². The quantitative estimate of drug-likeness (QED) is 0.549. The molecule has 3 nitrogen and oxygen atoms in total. The Kier molecular flexibility index (Phi) is 5.42. The van der Waals surface area contributed by atoms with Crippen LogP contribution in [0.5, 0.6) is 0 Å². The maximum absolute atomic E-state index is 4.06. The van der Waals surface area contributed by atoms with E-state index >= 15 is 0 Å². The molecule has 3 N–H and O–H groups in total. The van der Waals surface area contributed by atoms with Crippen LogP contribution in [0.1, 0.15) is 0 Å². The molecule has 128 valence electrons. The van der Waals surface area contributed by atoms with E-state index in [9.17, 15) is 0 Å². The molecule has 0 aliphatic carbocycles. The van der Waals surface area contributed by atoms with Gasteiger partial charge in [-0.05, 0) is 24.8 Å². The summed E-state index contributed by atoms with van der Waals surface area (Å²) in [5.41, 5.74) is 11.5. The van der Waals surface area contributed by atoms with Crippen molar-refractivity contribution < 1.29 is 0 Å². The van der Waals surface area contributed by atoms with Crippen molar-refractivity contribution in [2.45, 2.75) is 32.7 Å². The molecule has 0 radical (unpaired) electrons. The highest BCUT2D eigenvalue weighted by atomic mass is 28.5. The predicted octanol–water partition coefficient (Wildman–Crippen LogP) is 2.13. The van der Waals surface area contributed by atoms with Crippen molar-refractivity contribution in [2.75, 3.05) is 0 Å². The first-order chi connectivity index (χ1) is 11.1. The van der Waals surface area contributed by atoms with E-state index in [1.54, 1.807) is 0 Å². The zero-order valence-corrected chi connectivity index (χ0v) is 19.5. The Bertz CT molecular complexity index is 673. The summed E-state index contributed by atoms with van der Waals surface area (Å²) in [4.78, 5) is 0. The number of hydrogen-bond acceptors (Lipinski definition) is 3.